The van der Waals surface area contributed by atoms with E-state index in [0.29, 0.717) is 11.8 Å². The first kappa shape index (κ1) is 14.7. The van der Waals surface area contributed by atoms with Gasteiger partial charge in [0.2, 0.25) is 5.91 Å². The number of aromatic nitrogens is 1. The molecule has 1 heterocycles. The van der Waals surface area contributed by atoms with Gasteiger partial charge in [0.1, 0.15) is 5.75 Å². The van der Waals surface area contributed by atoms with E-state index in [1.54, 1.807) is 7.11 Å². The van der Waals surface area contributed by atoms with Crippen molar-refractivity contribution in [3.63, 3.8) is 0 Å². The van der Waals surface area contributed by atoms with Gasteiger partial charge < -0.3 is 10.1 Å². The molecule has 5 heteroatoms. The fourth-order valence-corrected chi connectivity index (χ4v) is 6.52. The lowest BCUT2D eigenvalue weighted by Gasteiger charge is -2.53. The van der Waals surface area contributed by atoms with E-state index in [-0.39, 0.29) is 11.8 Å². The van der Waals surface area contributed by atoms with E-state index in [2.05, 4.69) is 10.3 Å². The van der Waals surface area contributed by atoms with Crippen molar-refractivity contribution in [2.45, 2.75) is 32.1 Å². The van der Waals surface area contributed by atoms with Gasteiger partial charge in [-0.1, -0.05) is 11.3 Å². The number of carbonyl (C=O) groups excluding carboxylic acids is 1. The molecule has 1 amide bonds. The summed E-state index contributed by atoms with van der Waals surface area (Å²) >= 11 is 1.53. The summed E-state index contributed by atoms with van der Waals surface area (Å²) in [5, 5.41) is 3.84. The summed E-state index contributed by atoms with van der Waals surface area (Å²) < 4.78 is 6.31. The van der Waals surface area contributed by atoms with E-state index in [4.69, 9.17) is 4.74 Å². The van der Waals surface area contributed by atoms with Crippen molar-refractivity contribution in [2.75, 3.05) is 12.4 Å². The van der Waals surface area contributed by atoms with Crippen LogP contribution in [0.4, 0.5) is 5.13 Å². The van der Waals surface area contributed by atoms with Gasteiger partial charge in [-0.15, -0.1) is 0 Å². The number of carbonyl (C=O) groups is 1. The monoisotopic (exact) mass is 342 g/mol. The van der Waals surface area contributed by atoms with E-state index in [0.717, 1.165) is 32.9 Å². The molecule has 4 fully saturated rings. The average Bonchev–Trinajstić information content (AvgIpc) is 2.94. The third-order valence-corrected chi connectivity index (χ3v) is 7.29. The predicted octanol–water partition coefficient (Wildman–Crippen LogP) is 4.32. The van der Waals surface area contributed by atoms with Gasteiger partial charge in [0, 0.05) is 5.92 Å². The lowest BCUT2D eigenvalue weighted by atomic mass is 9.51. The zero-order valence-electron chi connectivity index (χ0n) is 13.8. The van der Waals surface area contributed by atoms with Crippen molar-refractivity contribution in [3.8, 4) is 5.75 Å². The molecule has 24 heavy (non-hydrogen) atoms. The number of benzene rings is 1. The highest BCUT2D eigenvalue weighted by atomic mass is 32.1. The van der Waals surface area contributed by atoms with Crippen LogP contribution < -0.4 is 10.1 Å². The fraction of sp³-hybridized carbons (Fsp3) is 0.579. The van der Waals surface area contributed by atoms with Crippen LogP contribution in [0.2, 0.25) is 0 Å². The Morgan fingerprint density at radius 1 is 1.17 bits per heavy atom. The van der Waals surface area contributed by atoms with E-state index in [1.807, 2.05) is 18.2 Å². The lowest BCUT2D eigenvalue weighted by molar-refractivity contribution is -0.132. The Morgan fingerprint density at radius 3 is 2.54 bits per heavy atom. The van der Waals surface area contributed by atoms with Gasteiger partial charge in [-0.05, 0) is 74.0 Å². The number of fused-ring (bicyclic) bond motifs is 1. The second-order valence-electron chi connectivity index (χ2n) is 7.80. The van der Waals surface area contributed by atoms with Gasteiger partial charge in [-0.2, -0.15) is 0 Å². The predicted molar refractivity (Wildman–Crippen MR) is 95.3 cm³/mol. The minimum atomic E-state index is 0.204. The number of hydrogen-bond donors (Lipinski definition) is 1. The molecule has 2 aromatic rings. The molecular formula is C19H22N2O2S. The molecule has 0 spiro atoms. The second kappa shape index (κ2) is 5.45. The number of hydrogen-bond acceptors (Lipinski definition) is 4. The molecule has 4 bridgehead atoms. The summed E-state index contributed by atoms with van der Waals surface area (Å²) in [6.45, 7) is 0. The first-order valence-corrected chi connectivity index (χ1v) is 9.76. The Labute approximate surface area is 145 Å². The molecule has 0 aliphatic heterocycles. The molecular weight excluding hydrogens is 320 g/mol. The Hall–Kier alpha value is -1.62. The molecule has 6 rings (SSSR count). The van der Waals surface area contributed by atoms with Gasteiger partial charge in [0.15, 0.2) is 5.13 Å². The number of thiazole rings is 1. The summed E-state index contributed by atoms with van der Waals surface area (Å²) in [6, 6.07) is 5.83. The smallest absolute Gasteiger partial charge is 0.229 e. The van der Waals surface area contributed by atoms with Gasteiger partial charge >= 0.3 is 0 Å². The van der Waals surface area contributed by atoms with Crippen molar-refractivity contribution in [1.29, 1.82) is 0 Å². The summed E-state index contributed by atoms with van der Waals surface area (Å²) in [6.07, 6.45) is 6.48. The van der Waals surface area contributed by atoms with Crippen LogP contribution in [0.25, 0.3) is 10.2 Å². The minimum absolute atomic E-state index is 0.204. The van der Waals surface area contributed by atoms with Gasteiger partial charge in [-0.3, -0.25) is 4.79 Å². The highest BCUT2D eigenvalue weighted by Crippen LogP contribution is 2.56. The highest BCUT2D eigenvalue weighted by molar-refractivity contribution is 7.22. The summed E-state index contributed by atoms with van der Waals surface area (Å²) in [5.41, 5.74) is 0.918. The average molecular weight is 342 g/mol. The number of methoxy groups -OCH3 is 1. The van der Waals surface area contributed by atoms with Crippen LogP contribution in [0.1, 0.15) is 32.1 Å². The maximum absolute atomic E-state index is 12.9. The first-order valence-electron chi connectivity index (χ1n) is 8.95. The van der Waals surface area contributed by atoms with Crippen LogP contribution in [0, 0.1) is 29.6 Å². The molecule has 0 radical (unpaired) electrons. The van der Waals surface area contributed by atoms with Crippen LogP contribution >= 0.6 is 11.3 Å². The maximum Gasteiger partial charge on any atom is 0.229 e. The second-order valence-corrected chi connectivity index (χ2v) is 8.83. The fourth-order valence-electron chi connectivity index (χ4n) is 5.63. The van der Waals surface area contributed by atoms with Gasteiger partial charge in [-0.25, -0.2) is 4.98 Å². The van der Waals surface area contributed by atoms with E-state index >= 15 is 0 Å². The minimum Gasteiger partial charge on any atom is -0.497 e. The Kier molecular flexibility index (Phi) is 3.34. The van der Waals surface area contributed by atoms with Crippen LogP contribution in [0.3, 0.4) is 0 Å². The molecule has 4 aliphatic carbocycles. The number of anilines is 1. The van der Waals surface area contributed by atoms with Crippen LogP contribution in [-0.4, -0.2) is 18.0 Å². The lowest BCUT2D eigenvalue weighted by Crippen LogP contribution is -2.49. The van der Waals surface area contributed by atoms with Crippen molar-refractivity contribution in [1.82, 2.24) is 4.98 Å². The Bertz CT molecular complexity index is 772. The molecule has 1 aromatic heterocycles. The third kappa shape index (κ3) is 2.32. The number of nitrogens with one attached hydrogen (secondary N) is 1. The number of amides is 1. The normalized spacial score (nSPS) is 33.8. The molecule has 4 nitrogen and oxygen atoms in total. The molecule has 0 atom stereocenters. The van der Waals surface area contributed by atoms with Crippen molar-refractivity contribution in [3.05, 3.63) is 18.2 Å². The number of rotatable bonds is 3. The van der Waals surface area contributed by atoms with E-state index in [9.17, 15) is 4.79 Å². The number of nitrogens with zero attached hydrogens (tertiary/aromatic N) is 1. The number of ether oxygens (including phenoxy) is 1. The molecule has 0 saturated heterocycles. The maximum atomic E-state index is 12.9. The standard InChI is InChI=1S/C19H22N2O2S/c1-23-14-2-3-15-16(9-14)24-19(20-15)21-18(22)17-12-5-10-4-11(7-12)8-13(17)6-10/h2-3,9-13,17H,4-8H2,1H3,(H,20,21,22). The summed E-state index contributed by atoms with van der Waals surface area (Å²) in [5.74, 6) is 4.24. The van der Waals surface area contributed by atoms with Crippen molar-refractivity contribution >= 4 is 32.6 Å². The summed E-state index contributed by atoms with van der Waals surface area (Å²) in [7, 11) is 1.66. The van der Waals surface area contributed by atoms with Crippen molar-refractivity contribution in [2.24, 2.45) is 29.6 Å². The zero-order valence-corrected chi connectivity index (χ0v) is 14.6. The van der Waals surface area contributed by atoms with Crippen molar-refractivity contribution < 1.29 is 9.53 Å². The third-order valence-electron chi connectivity index (χ3n) is 6.36. The van der Waals surface area contributed by atoms with Crippen LogP contribution in [-0.2, 0) is 4.79 Å². The highest BCUT2D eigenvalue weighted by Gasteiger charge is 2.50. The molecule has 4 aliphatic rings. The Morgan fingerprint density at radius 2 is 1.88 bits per heavy atom. The topological polar surface area (TPSA) is 51.2 Å². The largest absolute Gasteiger partial charge is 0.497 e. The molecule has 126 valence electrons. The van der Waals surface area contributed by atoms with E-state index < -0.39 is 0 Å². The first-order chi connectivity index (χ1) is 11.7. The molecule has 1 aromatic carbocycles. The van der Waals surface area contributed by atoms with Gasteiger partial charge in [0.05, 0.1) is 17.3 Å². The molecule has 1 N–H and O–H groups in total. The van der Waals surface area contributed by atoms with Crippen LogP contribution in [0.15, 0.2) is 18.2 Å². The van der Waals surface area contributed by atoms with E-state index in [1.165, 1.54) is 43.4 Å². The molecule has 4 saturated carbocycles. The SMILES string of the molecule is COc1ccc2nc(NC(=O)C3C4CC5CC(C4)CC3C5)sc2c1. The summed E-state index contributed by atoms with van der Waals surface area (Å²) in [4.78, 5) is 17.5. The van der Waals surface area contributed by atoms with Crippen LogP contribution in [0.5, 0.6) is 5.75 Å². The molecule has 0 unspecified atom stereocenters. The zero-order chi connectivity index (χ0) is 16.3. The quantitative estimate of drug-likeness (QED) is 0.904. The Balaban J connectivity index is 1.37. The van der Waals surface area contributed by atoms with Gasteiger partial charge in [0.25, 0.3) is 0 Å².